The van der Waals surface area contributed by atoms with Gasteiger partial charge in [0.15, 0.2) is 5.82 Å². The predicted octanol–water partition coefficient (Wildman–Crippen LogP) is 16.9. The minimum absolute atomic E-state index is 0.00885. The zero-order chi connectivity index (χ0) is 88.5. The van der Waals surface area contributed by atoms with Crippen molar-refractivity contribution in [1.82, 2.24) is 63.5 Å². The first kappa shape index (κ1) is 87.3. The van der Waals surface area contributed by atoms with Gasteiger partial charge < -0.3 is 55.3 Å². The molecule has 124 heavy (non-hydrogen) atoms. The average Bonchev–Trinajstić information content (AvgIpc) is 0.772. The van der Waals surface area contributed by atoms with Crippen molar-refractivity contribution in [3.05, 3.63) is 349 Å². The largest absolute Gasteiger partial charge is 0.421 e. The first-order chi connectivity index (χ1) is 59.4. The third-order valence-corrected chi connectivity index (χ3v) is 21.1. The van der Waals surface area contributed by atoms with Gasteiger partial charge >= 0.3 is 6.18 Å². The molecule has 15 N–H and O–H groups in total. The van der Waals surface area contributed by atoms with Gasteiger partial charge in [0, 0.05) is 71.2 Å². The molecule has 0 spiro atoms. The fraction of sp³-hybridized carbons (Fsp3) is 0.114. The summed E-state index contributed by atoms with van der Waals surface area (Å²) >= 11 is 31.6. The van der Waals surface area contributed by atoms with E-state index in [2.05, 4.69) is 66.5 Å². The number of benzene rings is 8. The van der Waals surface area contributed by atoms with E-state index in [1.807, 2.05) is 160 Å². The predicted molar refractivity (Wildman–Crippen MR) is 484 cm³/mol. The molecule has 4 atom stereocenters. The van der Waals surface area contributed by atoms with E-state index in [-0.39, 0.29) is 80.7 Å². The van der Waals surface area contributed by atoms with Gasteiger partial charge in [0.25, 0.3) is 34.1 Å². The number of nitrogens with one attached hydrogen (secondary N) is 5. The summed E-state index contributed by atoms with van der Waals surface area (Å²) in [5.74, 6) is -0.864. The first-order valence-electron chi connectivity index (χ1n) is 37.8. The number of nitrogens with zero attached hydrogens (tertiary/aromatic N) is 12. The number of fused-ring (bicyclic) bond motifs is 4. The number of nitrogens with two attached hydrogens (primary N) is 5. The number of primary amides is 1. The average molecular weight is 1770 g/mol. The van der Waals surface area contributed by atoms with E-state index in [0.717, 1.165) is 16.8 Å². The van der Waals surface area contributed by atoms with Crippen LogP contribution in [0.3, 0.4) is 0 Å². The number of alkyl halides is 3. The summed E-state index contributed by atoms with van der Waals surface area (Å²) in [6.45, 7) is 7.37. The minimum atomic E-state index is -4.65. The van der Waals surface area contributed by atoms with Crippen LogP contribution in [-0.2, 0) is 6.18 Å². The van der Waals surface area contributed by atoms with Crippen LogP contribution in [0.5, 0.6) is 0 Å². The molecule has 28 nitrogen and oxygen atoms in total. The van der Waals surface area contributed by atoms with E-state index in [1.54, 1.807) is 99.5 Å². The highest BCUT2D eigenvalue weighted by molar-refractivity contribution is 6.37. The Morgan fingerprint density at radius 2 is 0.669 bits per heavy atom. The molecule has 8 aromatic heterocycles. The number of hydrogen-bond donors (Lipinski definition) is 10. The van der Waals surface area contributed by atoms with Gasteiger partial charge in [-0.1, -0.05) is 179 Å². The molecular weight excluding hydrogens is 1700 g/mol. The molecule has 0 saturated heterocycles. The molecule has 0 bridgehead atoms. The Kier molecular flexibility index (Phi) is 26.5. The van der Waals surface area contributed by atoms with Crippen LogP contribution in [-0.4, -0.2) is 77.0 Å². The lowest BCUT2D eigenvalue weighted by molar-refractivity contribution is -0.137. The zero-order valence-electron chi connectivity index (χ0n) is 66.1. The van der Waals surface area contributed by atoms with Crippen LogP contribution in [0.2, 0.25) is 25.1 Å². The monoisotopic (exact) mass is 1770 g/mol. The molecule has 628 valence electrons. The Labute approximate surface area is 728 Å². The maximum absolute atomic E-state index is 13.5. The molecule has 8 aromatic carbocycles. The molecule has 2 amide bonds. The van der Waals surface area contributed by atoms with Crippen LogP contribution in [0.1, 0.15) is 101 Å². The number of amides is 2. The third-order valence-electron chi connectivity index (χ3n) is 19.6. The Morgan fingerprint density at radius 1 is 0.371 bits per heavy atom. The van der Waals surface area contributed by atoms with Crippen molar-refractivity contribution in [3.63, 3.8) is 0 Å². The summed E-state index contributed by atoms with van der Waals surface area (Å²) in [4.78, 5) is 109. The molecule has 8 heterocycles. The normalized spacial score (nSPS) is 12.1. The number of halogens is 8. The molecule has 0 saturated carbocycles. The SMILES string of the molecule is CNC(=O)c1cnc(N)nc1N[C@@H](C)c1cc2cccc(Cl)c2c(=O)n1-c1ccccc1.C[C@H](Nc1nc(N)ncc1C(N)=O)c1cc2cccc(Cl)c2c(=O)n1-c1ccccc1.C[C@H](Nc1nc(N)ncc1Cl)c1cc2cccc(Cl)c2c(=O)n1-c1ccccc1.C[C@H](Nc1ncc(C(F)(F)F)c(N)n1)c1cc2cccc(Cl)c2c(=O)n1-c1ccccc1. The van der Waals surface area contributed by atoms with E-state index >= 15 is 0 Å². The smallest absolute Gasteiger partial charge is 0.383 e. The van der Waals surface area contributed by atoms with Crippen molar-refractivity contribution in [2.45, 2.75) is 58.0 Å². The second-order valence-corrected chi connectivity index (χ2v) is 29.8. The lowest BCUT2D eigenvalue weighted by Gasteiger charge is -2.22. The van der Waals surface area contributed by atoms with Crippen LogP contribution in [0, 0.1) is 0 Å². The molecule has 0 radical (unpaired) electrons. The lowest BCUT2D eigenvalue weighted by Crippen LogP contribution is -2.27. The van der Waals surface area contributed by atoms with Crippen LogP contribution in [0.15, 0.2) is 262 Å². The summed E-state index contributed by atoms with van der Waals surface area (Å²) in [6, 6.07) is 63.7. The molecular formula is C88H74Cl5F3N22O6. The molecule has 0 aliphatic heterocycles. The summed E-state index contributed by atoms with van der Waals surface area (Å²) in [7, 11) is 1.52. The molecule has 16 rings (SSSR count). The van der Waals surface area contributed by atoms with E-state index < -0.39 is 41.6 Å². The molecule has 0 aliphatic rings. The number of carbonyl (C=O) groups is 2. The van der Waals surface area contributed by atoms with Crippen molar-refractivity contribution in [2.75, 3.05) is 51.2 Å². The maximum atomic E-state index is 13.5. The maximum Gasteiger partial charge on any atom is 0.421 e. The summed E-state index contributed by atoms with van der Waals surface area (Å²) in [5, 5.41) is 21.4. The Bertz CT molecular complexity index is 7010. The lowest BCUT2D eigenvalue weighted by atomic mass is 10.1. The number of nitrogen functional groups attached to an aromatic ring is 4. The number of rotatable bonds is 18. The van der Waals surface area contributed by atoms with E-state index in [0.29, 0.717) is 109 Å². The van der Waals surface area contributed by atoms with Crippen molar-refractivity contribution in [1.29, 1.82) is 0 Å². The van der Waals surface area contributed by atoms with Crippen LogP contribution >= 0.6 is 58.0 Å². The molecule has 0 fully saturated rings. The number of hydrogen-bond acceptors (Lipinski definition) is 22. The van der Waals surface area contributed by atoms with Gasteiger partial charge in [0.05, 0.1) is 77.6 Å². The van der Waals surface area contributed by atoms with Crippen LogP contribution in [0.4, 0.5) is 60.2 Å². The molecule has 16 aromatic rings. The standard InChI is InChI=1S/C23H21ClN6O2.C22H17ClF3N5O.C22H19ClN6O2.C21H17Cl2N5O/c1-13(28-20-16(21(31)26-2)12-27-23(25)29-20)18-11-14-7-6-10-17(24)19(14)22(32)30(18)15-8-4-3-5-9-15;1-12(29-21-28-11-15(19(27)30-21)22(24,25)26)17-10-13-6-5-9-16(23)18(13)20(32)31(17)14-7-3-2-4-8-14;1-12(27-20-15(19(24)30)11-26-22(25)28-20)17-10-13-6-5-9-16(23)18(13)21(31)29(17)14-7-3-2-4-8-14;1-12(26-19-16(23)11-25-21(24)27-19)17-10-13-6-5-9-15(22)18(13)20(29)28(17)14-7-3-2-4-8-14/h3-13H,1-2H3,(H,26,31)(H3,25,27,28,29);2-12H,1H3,(H3,27,28,29,30);2-12H,1H3,(H2,24,30)(H3,25,26,27,28);2-12H,1H3,(H3,24,25,26,27)/t13-;3*12-/m0000/s1. The number of para-hydroxylation sites is 4. The van der Waals surface area contributed by atoms with Gasteiger partial charge in [-0.3, -0.25) is 47.0 Å². The Balaban J connectivity index is 0.000000142. The van der Waals surface area contributed by atoms with Gasteiger partial charge in [-0.25, -0.2) is 19.9 Å². The summed E-state index contributed by atoms with van der Waals surface area (Å²) in [5.41, 5.74) is 31.5. The second-order valence-electron chi connectivity index (χ2n) is 27.8. The van der Waals surface area contributed by atoms with Crippen LogP contribution < -0.4 is 77.5 Å². The second kappa shape index (κ2) is 37.6. The molecule has 0 unspecified atom stereocenters. The minimum Gasteiger partial charge on any atom is -0.383 e. The number of anilines is 8. The zero-order valence-corrected chi connectivity index (χ0v) is 69.9. The van der Waals surface area contributed by atoms with Gasteiger partial charge in [-0.15, -0.1) is 0 Å². The van der Waals surface area contributed by atoms with E-state index in [4.69, 9.17) is 86.7 Å². The summed E-state index contributed by atoms with van der Waals surface area (Å²) < 4.78 is 45.2. The molecule has 0 aliphatic carbocycles. The number of aromatic nitrogens is 12. The fourth-order valence-corrected chi connectivity index (χ4v) is 15.0. The number of carbonyl (C=O) groups excluding carboxylic acids is 2. The fourth-order valence-electron chi connectivity index (χ4n) is 13.8. The Hall–Kier alpha value is -14.5. The highest BCUT2D eigenvalue weighted by atomic mass is 35.5. The molecule has 36 heteroatoms. The van der Waals surface area contributed by atoms with Gasteiger partial charge in [-0.2, -0.15) is 33.1 Å². The van der Waals surface area contributed by atoms with Crippen molar-refractivity contribution >= 4 is 160 Å². The quantitative estimate of drug-likeness (QED) is 0.0381. The van der Waals surface area contributed by atoms with Crippen LogP contribution in [0.25, 0.3) is 65.8 Å². The first-order valence-corrected chi connectivity index (χ1v) is 39.7. The number of pyridine rings is 4. The topological polar surface area (TPSA) is 416 Å². The van der Waals surface area contributed by atoms with Gasteiger partial charge in [0.2, 0.25) is 23.8 Å². The van der Waals surface area contributed by atoms with Gasteiger partial charge in [0.1, 0.15) is 33.6 Å². The van der Waals surface area contributed by atoms with E-state index in [9.17, 15) is 41.9 Å². The highest BCUT2D eigenvalue weighted by Gasteiger charge is 2.35. The summed E-state index contributed by atoms with van der Waals surface area (Å²) in [6.07, 6.45) is 0.0374. The van der Waals surface area contributed by atoms with Crippen molar-refractivity contribution in [2.24, 2.45) is 5.73 Å². The van der Waals surface area contributed by atoms with Crippen molar-refractivity contribution in [3.8, 4) is 22.7 Å². The van der Waals surface area contributed by atoms with Gasteiger partial charge in [-0.05, 0) is 146 Å². The highest BCUT2D eigenvalue weighted by Crippen LogP contribution is 2.36. The van der Waals surface area contributed by atoms with Crippen molar-refractivity contribution < 1.29 is 22.8 Å². The van der Waals surface area contributed by atoms with E-state index in [1.165, 1.54) is 30.2 Å². The third kappa shape index (κ3) is 19.0. The Morgan fingerprint density at radius 3 is 0.984 bits per heavy atom.